The molecule has 3 saturated carbocycles. The van der Waals surface area contributed by atoms with Crippen LogP contribution in [0.5, 0.6) is 0 Å². The van der Waals surface area contributed by atoms with Crippen molar-refractivity contribution in [2.45, 2.75) is 43.1 Å². The van der Waals surface area contributed by atoms with Crippen LogP contribution in [0.4, 0.5) is 0 Å². The average molecular weight is 559 g/mol. The van der Waals surface area contributed by atoms with Gasteiger partial charge in [-0.3, -0.25) is 0 Å². The summed E-state index contributed by atoms with van der Waals surface area (Å²) in [6, 6.07) is 20.4. The molecule has 7 rings (SSSR count). The van der Waals surface area contributed by atoms with Crippen LogP contribution in [0.15, 0.2) is 60.7 Å². The lowest BCUT2D eigenvalue weighted by Crippen LogP contribution is -2.51. The van der Waals surface area contributed by atoms with Gasteiger partial charge < -0.3 is 0 Å². The molecule has 33 heavy (non-hydrogen) atoms. The summed E-state index contributed by atoms with van der Waals surface area (Å²) in [6.07, 6.45) is 0.912. The lowest BCUT2D eigenvalue weighted by atomic mass is 9.69. The number of rotatable bonds is 2. The Morgan fingerprint density at radius 2 is 1.30 bits per heavy atom. The van der Waals surface area contributed by atoms with E-state index >= 15 is 0 Å². The summed E-state index contributed by atoms with van der Waals surface area (Å²) >= 11 is 42.3. The summed E-state index contributed by atoms with van der Waals surface area (Å²) in [6.45, 7) is 0. The largest absolute Gasteiger partial charge is 0.237 e. The van der Waals surface area contributed by atoms with Gasteiger partial charge in [0.25, 0.3) is 0 Å². The van der Waals surface area contributed by atoms with E-state index in [2.05, 4.69) is 28.9 Å². The average Bonchev–Trinajstić information content (AvgIpc) is 3.56. The number of fused-ring (bicyclic) bond motifs is 12. The number of hydrogen-bond acceptors (Lipinski definition) is 1. The van der Waals surface area contributed by atoms with Crippen LogP contribution in [-0.4, -0.2) is 34.6 Å². The second-order valence-corrected chi connectivity index (χ2v) is 13.2. The first-order chi connectivity index (χ1) is 15.7. The van der Waals surface area contributed by atoms with E-state index in [0.29, 0.717) is 0 Å². The predicted octanol–water partition coefficient (Wildman–Crippen LogP) is 7.73. The third-order valence-corrected chi connectivity index (χ3v) is 13.2. The van der Waals surface area contributed by atoms with Crippen molar-refractivity contribution in [3.63, 3.8) is 0 Å². The van der Waals surface area contributed by atoms with Gasteiger partial charge in [-0.25, -0.2) is 4.68 Å². The van der Waals surface area contributed by atoms with Gasteiger partial charge in [-0.2, -0.15) is 5.10 Å². The van der Waals surface area contributed by atoms with Crippen molar-refractivity contribution in [1.29, 1.82) is 0 Å². The fraction of sp³-hybridized carbons (Fsp3) is 0.400. The Morgan fingerprint density at radius 1 is 0.758 bits per heavy atom. The molecule has 5 unspecified atom stereocenters. The smallest absolute Gasteiger partial charge is 0.159 e. The molecule has 8 atom stereocenters. The van der Waals surface area contributed by atoms with Crippen LogP contribution in [0, 0.1) is 11.8 Å². The van der Waals surface area contributed by atoms with E-state index in [1.807, 2.05) is 36.4 Å². The highest BCUT2D eigenvalue weighted by molar-refractivity contribution is 6.62. The molecular formula is C25H18Cl6N2. The molecule has 0 spiro atoms. The van der Waals surface area contributed by atoms with Gasteiger partial charge in [-0.05, 0) is 36.3 Å². The molecule has 3 fully saturated rings. The Hall–Kier alpha value is -0.610. The molecule has 0 radical (unpaired) electrons. The van der Waals surface area contributed by atoms with E-state index in [1.54, 1.807) is 0 Å². The third-order valence-electron chi connectivity index (χ3n) is 8.48. The molecule has 4 aliphatic rings. The number of nitrogens with zero attached hydrogens (tertiary/aromatic N) is 2. The minimum atomic E-state index is -1.45. The molecule has 4 bridgehead atoms. The van der Waals surface area contributed by atoms with Crippen molar-refractivity contribution in [3.05, 3.63) is 71.9 Å². The lowest BCUT2D eigenvalue weighted by Gasteiger charge is -2.44. The molecule has 4 aliphatic carbocycles. The van der Waals surface area contributed by atoms with Gasteiger partial charge in [-0.15, -0.1) is 46.4 Å². The molecule has 0 aliphatic heterocycles. The van der Waals surface area contributed by atoms with Crippen LogP contribution in [0.3, 0.4) is 0 Å². The minimum Gasteiger partial charge on any atom is -0.237 e. The van der Waals surface area contributed by atoms with E-state index in [1.165, 1.54) is 11.3 Å². The first-order valence-corrected chi connectivity index (χ1v) is 13.4. The molecule has 0 amide bonds. The molecular weight excluding hydrogens is 541 g/mol. The van der Waals surface area contributed by atoms with E-state index in [-0.39, 0.29) is 23.7 Å². The van der Waals surface area contributed by atoms with Crippen LogP contribution in [-0.2, 0) is 0 Å². The Bertz CT molecular complexity index is 1180. The van der Waals surface area contributed by atoms with Crippen LogP contribution in [0.2, 0.25) is 0 Å². The molecule has 2 aromatic carbocycles. The molecule has 0 saturated heterocycles. The molecule has 0 N–H and O–H groups in total. The van der Waals surface area contributed by atoms with Crippen LogP contribution < -0.4 is 0 Å². The summed E-state index contributed by atoms with van der Waals surface area (Å²) in [7, 11) is 0. The molecule has 1 heterocycles. The van der Waals surface area contributed by atoms with Crippen molar-refractivity contribution < 1.29 is 0 Å². The zero-order valence-electron chi connectivity index (χ0n) is 17.1. The number of aromatic nitrogens is 2. The maximum atomic E-state index is 7.32. The fourth-order valence-electron chi connectivity index (χ4n) is 7.35. The highest BCUT2D eigenvalue weighted by Crippen LogP contribution is 2.84. The van der Waals surface area contributed by atoms with E-state index in [4.69, 9.17) is 74.7 Å². The molecule has 1 aromatic heterocycles. The fourth-order valence-corrected chi connectivity index (χ4v) is 10.9. The van der Waals surface area contributed by atoms with Crippen molar-refractivity contribution in [2.75, 3.05) is 0 Å². The minimum absolute atomic E-state index is 0.0839. The summed E-state index contributed by atoms with van der Waals surface area (Å²) < 4.78 is 0.618. The highest BCUT2D eigenvalue weighted by atomic mass is 35.5. The maximum Gasteiger partial charge on any atom is 0.159 e. The maximum absolute atomic E-state index is 7.32. The zero-order valence-corrected chi connectivity index (χ0v) is 21.6. The van der Waals surface area contributed by atoms with Crippen LogP contribution >= 0.6 is 69.6 Å². The van der Waals surface area contributed by atoms with Gasteiger partial charge in [0.05, 0.1) is 27.8 Å². The van der Waals surface area contributed by atoms with Crippen molar-refractivity contribution in [2.24, 2.45) is 11.8 Å². The number of hydrogen-bond donors (Lipinski definition) is 0. The predicted molar refractivity (Wildman–Crippen MR) is 137 cm³/mol. The topological polar surface area (TPSA) is 17.8 Å². The standard InChI is InChI=1S/C25H18Cl6N2/c26-21-22(27)24(29)18-15-11-14(17(18)23(21,28)25(24,30)31)16-19(12-7-3-1-4-8-12)32-33(20(15)16)13-9-5-2-6-10-13/h1-10,14-15,17-18,21-22H,11H2/t14-,15-,17?,18?,21?,22?,23+,24?/m1/s1. The molecule has 3 aromatic rings. The Labute approximate surface area is 222 Å². The molecule has 8 heteroatoms. The first kappa shape index (κ1) is 21.7. The first-order valence-electron chi connectivity index (χ1n) is 11.0. The van der Waals surface area contributed by atoms with Crippen LogP contribution in [0.1, 0.15) is 29.5 Å². The van der Waals surface area contributed by atoms with Gasteiger partial charge >= 0.3 is 0 Å². The van der Waals surface area contributed by atoms with Gasteiger partial charge in [0.1, 0.15) is 9.75 Å². The summed E-state index contributed by atoms with van der Waals surface area (Å²) in [5.41, 5.74) is 5.42. The van der Waals surface area contributed by atoms with E-state index in [0.717, 1.165) is 23.4 Å². The number of alkyl halides is 6. The number of benzene rings is 2. The number of halogens is 6. The van der Waals surface area contributed by atoms with Crippen molar-refractivity contribution in [3.8, 4) is 16.9 Å². The normalized spacial score (nSPS) is 41.4. The highest BCUT2D eigenvalue weighted by Gasteiger charge is 2.89. The molecule has 2 nitrogen and oxygen atoms in total. The summed E-state index contributed by atoms with van der Waals surface area (Å²) in [5.74, 6) is 0.00525. The third kappa shape index (κ3) is 2.27. The van der Waals surface area contributed by atoms with E-state index in [9.17, 15) is 0 Å². The van der Waals surface area contributed by atoms with Crippen molar-refractivity contribution in [1.82, 2.24) is 9.78 Å². The molecule has 170 valence electrons. The van der Waals surface area contributed by atoms with Crippen molar-refractivity contribution >= 4 is 69.6 Å². The van der Waals surface area contributed by atoms with Gasteiger partial charge in [0.2, 0.25) is 0 Å². The van der Waals surface area contributed by atoms with Gasteiger partial charge in [0.15, 0.2) is 4.33 Å². The zero-order chi connectivity index (χ0) is 22.9. The Balaban J connectivity index is 1.50. The second-order valence-electron chi connectivity index (χ2n) is 9.68. The quantitative estimate of drug-likeness (QED) is 0.232. The Kier molecular flexibility index (Phi) is 4.45. The Morgan fingerprint density at radius 3 is 1.91 bits per heavy atom. The second kappa shape index (κ2) is 6.78. The lowest BCUT2D eigenvalue weighted by molar-refractivity contribution is 0.248. The summed E-state index contributed by atoms with van der Waals surface area (Å²) in [5, 5.41) is 3.85. The van der Waals surface area contributed by atoms with E-state index < -0.39 is 24.8 Å². The number of para-hydroxylation sites is 1. The van der Waals surface area contributed by atoms with Gasteiger partial charge in [0, 0.05) is 17.0 Å². The monoisotopic (exact) mass is 556 g/mol. The van der Waals surface area contributed by atoms with Crippen LogP contribution in [0.25, 0.3) is 16.9 Å². The summed E-state index contributed by atoms with van der Waals surface area (Å²) in [4.78, 5) is -2.26. The van der Waals surface area contributed by atoms with Gasteiger partial charge in [-0.1, -0.05) is 71.7 Å². The SMILES string of the molecule is ClC1C(Cl)[C@@]2(Cl)C3C([C@H]4C[C@@H]3c3c(-c5ccccc5)nn(-c5ccccc5)c34)C1(Cl)C2(Cl)Cl.